The molecule has 1 saturated heterocycles. The quantitative estimate of drug-likeness (QED) is 0.453. The highest BCUT2D eigenvalue weighted by Crippen LogP contribution is 2.19. The normalized spacial score (nSPS) is 21.6. The molecule has 4 amide bonds. The first-order chi connectivity index (χ1) is 10.4. The topological polar surface area (TPSA) is 122 Å². The fraction of sp³-hybridized carbons (Fsp3) is 0.462. The lowest BCUT2D eigenvalue weighted by Gasteiger charge is -2.28. The van der Waals surface area contributed by atoms with Gasteiger partial charge in [0.1, 0.15) is 18.3 Å². The molecule has 0 aromatic carbocycles. The van der Waals surface area contributed by atoms with Gasteiger partial charge in [-0.2, -0.15) is 0 Å². The number of amides is 4. The standard InChI is InChI=1S/C13H15N3O6/c1-2-22-11(19)6-14-7-5-10(18)16(13(7)21)8-3-4-9(17)15-12(8)20/h5,8,14H,2-4,6H2,1H3,(H,15,17,20). The van der Waals surface area contributed by atoms with E-state index >= 15 is 0 Å². The largest absolute Gasteiger partial charge is 0.465 e. The maximum absolute atomic E-state index is 12.2. The third kappa shape index (κ3) is 3.13. The van der Waals surface area contributed by atoms with Crippen molar-refractivity contribution in [3.05, 3.63) is 11.8 Å². The highest BCUT2D eigenvalue weighted by molar-refractivity contribution is 6.18. The summed E-state index contributed by atoms with van der Waals surface area (Å²) in [5.41, 5.74) is -0.0808. The van der Waals surface area contributed by atoms with Crippen LogP contribution in [-0.2, 0) is 28.7 Å². The highest BCUT2D eigenvalue weighted by Gasteiger charge is 2.42. The van der Waals surface area contributed by atoms with Crippen LogP contribution in [0.4, 0.5) is 0 Å². The second-order valence-electron chi connectivity index (χ2n) is 4.70. The molecule has 9 heteroatoms. The molecule has 1 unspecified atom stereocenters. The minimum Gasteiger partial charge on any atom is -0.465 e. The van der Waals surface area contributed by atoms with Crippen LogP contribution in [0, 0.1) is 0 Å². The van der Waals surface area contributed by atoms with Gasteiger partial charge in [0.05, 0.1) is 6.61 Å². The number of hydrogen-bond acceptors (Lipinski definition) is 7. The van der Waals surface area contributed by atoms with E-state index in [9.17, 15) is 24.0 Å². The first-order valence-electron chi connectivity index (χ1n) is 6.76. The molecular formula is C13H15N3O6. The number of nitrogens with one attached hydrogen (secondary N) is 2. The van der Waals surface area contributed by atoms with Gasteiger partial charge in [0, 0.05) is 12.5 Å². The third-order valence-electron chi connectivity index (χ3n) is 3.20. The number of carbonyl (C=O) groups excluding carboxylic acids is 5. The Bertz CT molecular complexity index is 582. The maximum Gasteiger partial charge on any atom is 0.325 e. The van der Waals surface area contributed by atoms with Crippen molar-refractivity contribution in [2.75, 3.05) is 13.2 Å². The van der Waals surface area contributed by atoms with E-state index in [1.54, 1.807) is 6.92 Å². The minimum absolute atomic E-state index is 0.0546. The number of esters is 1. The second kappa shape index (κ2) is 6.37. The molecule has 0 radical (unpaired) electrons. The fourth-order valence-corrected chi connectivity index (χ4v) is 2.21. The van der Waals surface area contributed by atoms with Gasteiger partial charge < -0.3 is 10.1 Å². The van der Waals surface area contributed by atoms with Gasteiger partial charge in [-0.15, -0.1) is 0 Å². The Kier molecular flexibility index (Phi) is 4.54. The molecule has 1 atom stereocenters. The van der Waals surface area contributed by atoms with Crippen LogP contribution in [0.5, 0.6) is 0 Å². The second-order valence-corrected chi connectivity index (χ2v) is 4.70. The van der Waals surface area contributed by atoms with E-state index in [0.29, 0.717) is 0 Å². The molecule has 0 bridgehead atoms. The van der Waals surface area contributed by atoms with Crippen molar-refractivity contribution in [3.63, 3.8) is 0 Å². The van der Waals surface area contributed by atoms with E-state index in [1.807, 2.05) is 0 Å². The zero-order valence-corrected chi connectivity index (χ0v) is 11.9. The number of piperidine rings is 1. The zero-order chi connectivity index (χ0) is 16.3. The van der Waals surface area contributed by atoms with Crippen LogP contribution in [0.25, 0.3) is 0 Å². The zero-order valence-electron chi connectivity index (χ0n) is 11.9. The molecule has 2 aliphatic rings. The van der Waals surface area contributed by atoms with Crippen molar-refractivity contribution in [2.45, 2.75) is 25.8 Å². The summed E-state index contributed by atoms with van der Waals surface area (Å²) in [4.78, 5) is 58.9. The Morgan fingerprint density at radius 3 is 2.77 bits per heavy atom. The highest BCUT2D eigenvalue weighted by atomic mass is 16.5. The van der Waals surface area contributed by atoms with Gasteiger partial charge in [-0.3, -0.25) is 34.2 Å². The number of rotatable bonds is 5. The molecule has 2 aliphatic heterocycles. The maximum atomic E-state index is 12.2. The van der Waals surface area contributed by atoms with Crippen molar-refractivity contribution in [1.82, 2.24) is 15.5 Å². The average Bonchev–Trinajstić information content (AvgIpc) is 2.72. The van der Waals surface area contributed by atoms with Crippen LogP contribution in [0.1, 0.15) is 19.8 Å². The van der Waals surface area contributed by atoms with Gasteiger partial charge in [0.15, 0.2) is 0 Å². The Hall–Kier alpha value is -2.71. The average molecular weight is 309 g/mol. The van der Waals surface area contributed by atoms with Gasteiger partial charge in [0.2, 0.25) is 11.8 Å². The van der Waals surface area contributed by atoms with Crippen LogP contribution in [-0.4, -0.2) is 53.7 Å². The van der Waals surface area contributed by atoms with Gasteiger partial charge in [-0.1, -0.05) is 0 Å². The van der Waals surface area contributed by atoms with Gasteiger partial charge in [0.25, 0.3) is 11.8 Å². The SMILES string of the molecule is CCOC(=O)CNC1=CC(=O)N(C2CCC(=O)NC2=O)C1=O. The summed E-state index contributed by atoms with van der Waals surface area (Å²) >= 11 is 0. The smallest absolute Gasteiger partial charge is 0.325 e. The fourth-order valence-electron chi connectivity index (χ4n) is 2.21. The summed E-state index contributed by atoms with van der Waals surface area (Å²) in [6, 6.07) is -1.02. The Morgan fingerprint density at radius 2 is 2.14 bits per heavy atom. The molecule has 0 aromatic heterocycles. The molecule has 0 aliphatic carbocycles. The molecular weight excluding hydrogens is 294 g/mol. The van der Waals surface area contributed by atoms with Crippen LogP contribution in [0.3, 0.4) is 0 Å². The molecule has 9 nitrogen and oxygen atoms in total. The molecule has 2 heterocycles. The van der Waals surface area contributed by atoms with E-state index in [1.165, 1.54) is 0 Å². The van der Waals surface area contributed by atoms with E-state index in [2.05, 4.69) is 10.6 Å². The number of carbonyl (C=O) groups is 5. The number of ether oxygens (including phenoxy) is 1. The first kappa shape index (κ1) is 15.7. The Morgan fingerprint density at radius 1 is 1.41 bits per heavy atom. The molecule has 1 fully saturated rings. The van der Waals surface area contributed by atoms with Gasteiger partial charge in [-0.05, 0) is 13.3 Å². The van der Waals surface area contributed by atoms with Gasteiger partial charge >= 0.3 is 5.97 Å². The van der Waals surface area contributed by atoms with Crippen LogP contribution in [0.15, 0.2) is 11.8 Å². The van der Waals surface area contributed by atoms with Crippen molar-refractivity contribution >= 4 is 29.6 Å². The first-order valence-corrected chi connectivity index (χ1v) is 6.76. The number of nitrogens with zero attached hydrogens (tertiary/aromatic N) is 1. The summed E-state index contributed by atoms with van der Waals surface area (Å²) in [5.74, 6) is -3.05. The molecule has 0 aromatic rings. The molecule has 2 rings (SSSR count). The molecule has 0 spiro atoms. The van der Waals surface area contributed by atoms with E-state index in [-0.39, 0.29) is 31.7 Å². The summed E-state index contributed by atoms with van der Waals surface area (Å²) < 4.78 is 4.70. The Labute approximate surface area is 125 Å². The summed E-state index contributed by atoms with van der Waals surface area (Å²) in [6.07, 6.45) is 1.16. The lowest BCUT2D eigenvalue weighted by molar-refractivity contribution is -0.150. The lowest BCUT2D eigenvalue weighted by Crippen LogP contribution is -2.54. The van der Waals surface area contributed by atoms with Gasteiger partial charge in [-0.25, -0.2) is 0 Å². The van der Waals surface area contributed by atoms with E-state index in [0.717, 1.165) is 11.0 Å². The minimum atomic E-state index is -1.02. The summed E-state index contributed by atoms with van der Waals surface area (Å²) in [6.45, 7) is 1.59. The molecule has 2 N–H and O–H groups in total. The number of hydrogen-bond donors (Lipinski definition) is 2. The van der Waals surface area contributed by atoms with Crippen LogP contribution < -0.4 is 10.6 Å². The molecule has 118 valence electrons. The third-order valence-corrected chi connectivity index (χ3v) is 3.20. The predicted molar refractivity (Wildman–Crippen MR) is 70.7 cm³/mol. The van der Waals surface area contributed by atoms with Crippen molar-refractivity contribution < 1.29 is 28.7 Å². The summed E-state index contributed by atoms with van der Waals surface area (Å²) in [7, 11) is 0. The predicted octanol–water partition coefficient (Wildman–Crippen LogP) is -1.80. The van der Waals surface area contributed by atoms with Crippen LogP contribution in [0.2, 0.25) is 0 Å². The Balaban J connectivity index is 2.01. The lowest BCUT2D eigenvalue weighted by atomic mass is 10.0. The van der Waals surface area contributed by atoms with E-state index in [4.69, 9.17) is 4.74 Å². The monoisotopic (exact) mass is 309 g/mol. The summed E-state index contributed by atoms with van der Waals surface area (Å²) in [5, 5.41) is 4.60. The molecule has 0 saturated carbocycles. The van der Waals surface area contributed by atoms with Crippen molar-refractivity contribution in [3.8, 4) is 0 Å². The van der Waals surface area contributed by atoms with Crippen molar-refractivity contribution in [1.29, 1.82) is 0 Å². The molecule has 22 heavy (non-hydrogen) atoms. The number of imide groups is 2. The van der Waals surface area contributed by atoms with E-state index < -0.39 is 35.6 Å². The van der Waals surface area contributed by atoms with Crippen LogP contribution >= 0.6 is 0 Å². The van der Waals surface area contributed by atoms with Crippen molar-refractivity contribution in [2.24, 2.45) is 0 Å².